The van der Waals surface area contributed by atoms with E-state index in [2.05, 4.69) is 55.0 Å². The molecule has 6 rings (SSSR count). The fourth-order valence-corrected chi connectivity index (χ4v) is 4.81. The van der Waals surface area contributed by atoms with Gasteiger partial charge in [-0.3, -0.25) is 10.1 Å². The molecule has 0 saturated heterocycles. The number of nitro groups is 1. The lowest BCUT2D eigenvalue weighted by atomic mass is 9.85. The highest BCUT2D eigenvalue weighted by Crippen LogP contribution is 2.36. The van der Waals surface area contributed by atoms with Crippen LogP contribution in [0.25, 0.3) is 0 Å². The lowest BCUT2D eigenvalue weighted by Crippen LogP contribution is -2.03. The Morgan fingerprint density at radius 3 is 1.11 bits per heavy atom. The second-order valence-electron chi connectivity index (χ2n) is 10.2. The van der Waals surface area contributed by atoms with Crippen molar-refractivity contribution >= 4 is 39.8 Å². The van der Waals surface area contributed by atoms with E-state index in [-0.39, 0.29) is 17.3 Å². The van der Waals surface area contributed by atoms with Gasteiger partial charge >= 0.3 is 0 Å². The van der Waals surface area contributed by atoms with Gasteiger partial charge in [0.25, 0.3) is 5.69 Å². The first kappa shape index (κ1) is 29.6. The minimum Gasteiger partial charge on any atom is -0.258 e. The molecule has 9 nitrogen and oxygen atoms in total. The van der Waals surface area contributed by atoms with Gasteiger partial charge in [-0.15, -0.1) is 5.11 Å². The average molecular weight is 602 g/mol. The summed E-state index contributed by atoms with van der Waals surface area (Å²) < 4.78 is 0. The summed E-state index contributed by atoms with van der Waals surface area (Å²) >= 11 is 0. The van der Waals surface area contributed by atoms with E-state index < -0.39 is 4.92 Å². The third kappa shape index (κ3) is 7.53. The van der Waals surface area contributed by atoms with Crippen molar-refractivity contribution in [2.24, 2.45) is 30.7 Å². The molecule has 222 valence electrons. The van der Waals surface area contributed by atoms with Gasteiger partial charge in [-0.2, -0.15) is 25.6 Å². The summed E-state index contributed by atoms with van der Waals surface area (Å²) in [6.07, 6.45) is 0. The zero-order valence-corrected chi connectivity index (χ0v) is 24.5. The number of rotatable bonds is 10. The van der Waals surface area contributed by atoms with E-state index in [1.54, 1.807) is 18.2 Å². The second-order valence-corrected chi connectivity index (χ2v) is 10.2. The first-order valence-electron chi connectivity index (χ1n) is 14.5. The zero-order valence-electron chi connectivity index (χ0n) is 24.5. The van der Waals surface area contributed by atoms with Crippen molar-refractivity contribution in [2.45, 2.75) is 5.92 Å². The minimum absolute atomic E-state index is 0.0959. The molecule has 0 aliphatic heterocycles. The standard InChI is InChI=1S/C37H27N7O2/c45-44(46)36-14-8-7-13-35(36)43-42-34-25-19-29(20-26-34)37(27-15-21-32(22-16-27)40-38-30-9-3-1-4-10-30)28-17-23-33(24-18-28)41-39-31-11-5-2-6-12-31/h1-26,37H. The molecule has 0 spiro atoms. The van der Waals surface area contributed by atoms with Crippen molar-refractivity contribution < 1.29 is 4.92 Å². The maximum Gasteiger partial charge on any atom is 0.296 e. The van der Waals surface area contributed by atoms with Crippen LogP contribution in [0.4, 0.5) is 39.8 Å². The van der Waals surface area contributed by atoms with Crippen molar-refractivity contribution in [1.29, 1.82) is 0 Å². The molecule has 0 aliphatic rings. The Morgan fingerprint density at radius 2 is 0.717 bits per heavy atom. The highest BCUT2D eigenvalue weighted by atomic mass is 16.6. The van der Waals surface area contributed by atoms with E-state index in [1.807, 2.05) is 109 Å². The Kier molecular flexibility index (Phi) is 9.22. The second kappa shape index (κ2) is 14.3. The van der Waals surface area contributed by atoms with Gasteiger partial charge in [-0.25, -0.2) is 0 Å². The SMILES string of the molecule is O=[N+]([O-])c1ccccc1N=Nc1ccc(C(c2ccc(N=Nc3ccccc3)cc2)c2ccc(N=Nc3ccccc3)cc2)cc1. The van der Waals surface area contributed by atoms with E-state index in [0.717, 1.165) is 39.4 Å². The van der Waals surface area contributed by atoms with Gasteiger partial charge in [0, 0.05) is 12.0 Å². The monoisotopic (exact) mass is 601 g/mol. The summed E-state index contributed by atoms with van der Waals surface area (Å²) in [5.41, 5.74) is 6.89. The van der Waals surface area contributed by atoms with E-state index in [4.69, 9.17) is 0 Å². The van der Waals surface area contributed by atoms with Crippen molar-refractivity contribution in [3.63, 3.8) is 0 Å². The van der Waals surface area contributed by atoms with E-state index in [9.17, 15) is 10.1 Å². The Balaban J connectivity index is 1.28. The van der Waals surface area contributed by atoms with Gasteiger partial charge in [-0.1, -0.05) is 84.9 Å². The molecule has 0 aliphatic carbocycles. The van der Waals surface area contributed by atoms with Crippen LogP contribution in [0.2, 0.25) is 0 Å². The molecule has 0 bridgehead atoms. The minimum atomic E-state index is -0.468. The molecule has 9 heteroatoms. The molecule has 0 amide bonds. The van der Waals surface area contributed by atoms with Crippen molar-refractivity contribution in [3.8, 4) is 0 Å². The molecule has 6 aromatic rings. The fraction of sp³-hybridized carbons (Fsp3) is 0.0270. The van der Waals surface area contributed by atoms with Gasteiger partial charge in [-0.05, 0) is 83.4 Å². The molecule has 0 heterocycles. The summed E-state index contributed by atoms with van der Waals surface area (Å²) in [6, 6.07) is 49.2. The molecule has 0 unspecified atom stereocenters. The molecule has 0 saturated carbocycles. The highest BCUT2D eigenvalue weighted by molar-refractivity contribution is 5.57. The van der Waals surface area contributed by atoms with Gasteiger partial charge in [0.2, 0.25) is 0 Å². The van der Waals surface area contributed by atoms with Crippen LogP contribution in [-0.4, -0.2) is 4.92 Å². The number of hydrogen-bond donors (Lipinski definition) is 0. The Morgan fingerprint density at radius 1 is 0.391 bits per heavy atom. The van der Waals surface area contributed by atoms with Gasteiger partial charge in [0.15, 0.2) is 5.69 Å². The molecule has 6 aromatic carbocycles. The van der Waals surface area contributed by atoms with Crippen LogP contribution in [0, 0.1) is 10.1 Å². The number of hydrogen-bond acceptors (Lipinski definition) is 8. The number of para-hydroxylation sites is 1. The number of azo groups is 3. The molecule has 46 heavy (non-hydrogen) atoms. The Bertz CT molecular complexity index is 1900. The smallest absolute Gasteiger partial charge is 0.258 e. The van der Waals surface area contributed by atoms with Crippen LogP contribution in [0.15, 0.2) is 188 Å². The van der Waals surface area contributed by atoms with Crippen molar-refractivity contribution in [3.05, 3.63) is 185 Å². The topological polar surface area (TPSA) is 117 Å². The lowest BCUT2D eigenvalue weighted by molar-refractivity contribution is -0.384. The predicted octanol–water partition coefficient (Wildman–Crippen LogP) is 12.0. The van der Waals surface area contributed by atoms with Crippen molar-refractivity contribution in [2.75, 3.05) is 0 Å². The predicted molar refractivity (Wildman–Crippen MR) is 179 cm³/mol. The van der Waals surface area contributed by atoms with E-state index >= 15 is 0 Å². The molecule has 0 aromatic heterocycles. The van der Waals surface area contributed by atoms with Crippen LogP contribution in [0.3, 0.4) is 0 Å². The molecular formula is C37H27N7O2. The van der Waals surface area contributed by atoms with E-state index in [0.29, 0.717) is 5.69 Å². The number of nitro benzene ring substituents is 1. The summed E-state index contributed by atoms with van der Waals surface area (Å²) in [5, 5.41) is 37.2. The summed E-state index contributed by atoms with van der Waals surface area (Å²) in [6.45, 7) is 0. The first-order valence-corrected chi connectivity index (χ1v) is 14.5. The fourth-order valence-electron chi connectivity index (χ4n) is 4.81. The molecule has 0 atom stereocenters. The van der Waals surface area contributed by atoms with Crippen LogP contribution in [0.5, 0.6) is 0 Å². The normalized spacial score (nSPS) is 12.2. The Hall–Kier alpha value is -6.48. The maximum atomic E-state index is 11.3. The van der Waals surface area contributed by atoms with Gasteiger partial charge in [0.05, 0.1) is 33.4 Å². The van der Waals surface area contributed by atoms with E-state index in [1.165, 1.54) is 6.07 Å². The highest BCUT2D eigenvalue weighted by Gasteiger charge is 2.17. The van der Waals surface area contributed by atoms with Crippen LogP contribution in [-0.2, 0) is 0 Å². The average Bonchev–Trinajstić information content (AvgIpc) is 3.11. The molecule has 0 N–H and O–H groups in total. The van der Waals surface area contributed by atoms with Crippen molar-refractivity contribution in [1.82, 2.24) is 0 Å². The summed E-state index contributed by atoms with van der Waals surface area (Å²) in [7, 11) is 0. The third-order valence-corrected chi connectivity index (χ3v) is 7.11. The van der Waals surface area contributed by atoms with Gasteiger partial charge < -0.3 is 0 Å². The zero-order chi connectivity index (χ0) is 31.6. The van der Waals surface area contributed by atoms with Crippen LogP contribution >= 0.6 is 0 Å². The van der Waals surface area contributed by atoms with Crippen LogP contribution in [0.1, 0.15) is 22.6 Å². The number of nitrogens with zero attached hydrogens (tertiary/aromatic N) is 7. The van der Waals surface area contributed by atoms with Crippen LogP contribution < -0.4 is 0 Å². The summed E-state index contributed by atoms with van der Waals surface area (Å²) in [5.74, 6) is -0.110. The molecule has 0 radical (unpaired) electrons. The summed E-state index contributed by atoms with van der Waals surface area (Å²) in [4.78, 5) is 10.9. The first-order chi connectivity index (χ1) is 22.6. The molecule has 0 fully saturated rings. The lowest BCUT2D eigenvalue weighted by Gasteiger charge is -2.19. The quantitative estimate of drug-likeness (QED) is 0.0672. The van der Waals surface area contributed by atoms with Gasteiger partial charge in [0.1, 0.15) is 0 Å². The molecular weight excluding hydrogens is 574 g/mol. The maximum absolute atomic E-state index is 11.3. The largest absolute Gasteiger partial charge is 0.296 e. The third-order valence-electron chi connectivity index (χ3n) is 7.11. The Labute approximate surface area is 265 Å². The number of benzene rings is 6.